The highest BCUT2D eigenvalue weighted by molar-refractivity contribution is 7.15. The lowest BCUT2D eigenvalue weighted by Crippen LogP contribution is -2.67. The minimum absolute atomic E-state index is 0.0640. The molecule has 5 nitrogen and oxygen atoms in total. The van der Waals surface area contributed by atoms with Crippen molar-refractivity contribution in [1.82, 2.24) is 14.9 Å². The Morgan fingerprint density at radius 2 is 2.00 bits per heavy atom. The summed E-state index contributed by atoms with van der Waals surface area (Å²) in [5.74, 6) is 1.65. The van der Waals surface area contributed by atoms with Crippen molar-refractivity contribution in [2.45, 2.75) is 31.7 Å². The van der Waals surface area contributed by atoms with E-state index in [9.17, 15) is 4.79 Å². The van der Waals surface area contributed by atoms with Crippen LogP contribution in [0.25, 0.3) is 10.4 Å². The summed E-state index contributed by atoms with van der Waals surface area (Å²) in [5.41, 5.74) is 1.52. The van der Waals surface area contributed by atoms with Crippen LogP contribution in [-0.2, 0) is 0 Å². The van der Waals surface area contributed by atoms with Crippen molar-refractivity contribution in [3.05, 3.63) is 65.4 Å². The van der Waals surface area contributed by atoms with Crippen molar-refractivity contribution >= 4 is 23.1 Å². The summed E-state index contributed by atoms with van der Waals surface area (Å²) in [6.07, 6.45) is 4.99. The molecule has 3 fully saturated rings. The minimum atomic E-state index is -0.136. The molecular weight excluding hydrogens is 380 g/mol. The van der Waals surface area contributed by atoms with Gasteiger partial charge >= 0.3 is 0 Å². The molecule has 2 aromatic heterocycles. The number of anilines is 1. The Labute approximate surface area is 174 Å². The van der Waals surface area contributed by atoms with Crippen molar-refractivity contribution in [2.24, 2.45) is 5.92 Å². The summed E-state index contributed by atoms with van der Waals surface area (Å²) in [6.45, 7) is 3.51. The number of rotatable bonds is 5. The summed E-state index contributed by atoms with van der Waals surface area (Å²) in [7, 11) is 0. The predicted molar refractivity (Wildman–Crippen MR) is 116 cm³/mol. The normalized spacial score (nSPS) is 22.8. The number of hydrogen-bond acceptors (Lipinski definition) is 5. The number of aromatic nitrogens is 2. The molecule has 2 saturated heterocycles. The molecular formula is C23H24N4OS. The first-order valence-corrected chi connectivity index (χ1v) is 11.0. The second-order valence-electron chi connectivity index (χ2n) is 8.09. The number of benzene rings is 1. The van der Waals surface area contributed by atoms with E-state index >= 15 is 0 Å². The second kappa shape index (κ2) is 7.26. The van der Waals surface area contributed by atoms with Gasteiger partial charge in [-0.3, -0.25) is 4.79 Å². The molecule has 6 heteroatoms. The highest BCUT2D eigenvalue weighted by atomic mass is 32.1. The summed E-state index contributed by atoms with van der Waals surface area (Å²) in [4.78, 5) is 25.8. The molecule has 3 aromatic rings. The summed E-state index contributed by atoms with van der Waals surface area (Å²) < 4.78 is 0. The third-order valence-electron chi connectivity index (χ3n) is 6.15. The fraction of sp³-hybridized carbons (Fsp3) is 0.348. The second-order valence-corrected chi connectivity index (χ2v) is 9.29. The van der Waals surface area contributed by atoms with Gasteiger partial charge in [0.25, 0.3) is 5.91 Å². The van der Waals surface area contributed by atoms with Crippen molar-refractivity contribution in [3.8, 4) is 10.4 Å². The fourth-order valence-corrected chi connectivity index (χ4v) is 5.67. The Morgan fingerprint density at radius 3 is 2.76 bits per heavy atom. The Balaban J connectivity index is 1.43. The lowest BCUT2D eigenvalue weighted by molar-refractivity contribution is -0.0489. The molecule has 0 spiro atoms. The molecule has 0 unspecified atom stereocenters. The largest absolute Gasteiger partial charge is 0.368 e. The maximum absolute atomic E-state index is 13.7. The van der Waals surface area contributed by atoms with E-state index in [-0.39, 0.29) is 11.4 Å². The number of carbonyl (C=O) groups is 1. The number of pyridine rings is 1. The van der Waals surface area contributed by atoms with Crippen LogP contribution in [-0.4, -0.2) is 39.4 Å². The van der Waals surface area contributed by atoms with E-state index in [4.69, 9.17) is 0 Å². The SMILES string of the molecule is Cc1nc(C(=O)N2CCC3CC2(CNc2ccccn2)C3)c(-c2ccccc2)s1. The lowest BCUT2D eigenvalue weighted by Gasteiger charge is -2.59. The third kappa shape index (κ3) is 3.31. The van der Waals surface area contributed by atoms with Gasteiger partial charge in [-0.1, -0.05) is 36.4 Å². The number of nitrogens with zero attached hydrogens (tertiary/aromatic N) is 3. The van der Waals surface area contributed by atoms with Gasteiger partial charge in [-0.15, -0.1) is 11.3 Å². The summed E-state index contributed by atoms with van der Waals surface area (Å²) in [6, 6.07) is 16.0. The number of thiazole rings is 1. The monoisotopic (exact) mass is 404 g/mol. The van der Waals surface area contributed by atoms with E-state index in [1.165, 1.54) is 0 Å². The molecule has 0 atom stereocenters. The number of fused-ring (bicyclic) bond motifs is 2. The van der Waals surface area contributed by atoms with E-state index in [1.54, 1.807) is 17.5 Å². The maximum Gasteiger partial charge on any atom is 0.274 e. The molecule has 3 aliphatic rings. The van der Waals surface area contributed by atoms with Crippen molar-refractivity contribution in [3.63, 3.8) is 0 Å². The molecule has 1 amide bonds. The highest BCUT2D eigenvalue weighted by Crippen LogP contribution is 2.49. The summed E-state index contributed by atoms with van der Waals surface area (Å²) >= 11 is 1.60. The number of nitrogens with one attached hydrogen (secondary N) is 1. The molecule has 4 heterocycles. The van der Waals surface area contributed by atoms with Crippen LogP contribution in [0.1, 0.15) is 34.8 Å². The zero-order chi connectivity index (χ0) is 19.8. The van der Waals surface area contributed by atoms with Crippen LogP contribution in [0.3, 0.4) is 0 Å². The molecule has 1 N–H and O–H groups in total. The molecule has 2 aliphatic heterocycles. The molecule has 1 aliphatic carbocycles. The zero-order valence-corrected chi connectivity index (χ0v) is 17.3. The third-order valence-corrected chi connectivity index (χ3v) is 7.17. The van der Waals surface area contributed by atoms with Crippen molar-refractivity contribution in [2.75, 3.05) is 18.4 Å². The minimum Gasteiger partial charge on any atom is -0.368 e. The van der Waals surface area contributed by atoms with E-state index in [1.807, 2.05) is 43.3 Å². The Kier molecular flexibility index (Phi) is 4.59. The van der Waals surface area contributed by atoms with Crippen LogP contribution in [0.2, 0.25) is 0 Å². The van der Waals surface area contributed by atoms with Gasteiger partial charge in [0, 0.05) is 19.3 Å². The molecule has 1 aromatic carbocycles. The molecule has 0 radical (unpaired) electrons. The first-order valence-electron chi connectivity index (χ1n) is 10.1. The zero-order valence-electron chi connectivity index (χ0n) is 16.5. The molecule has 2 bridgehead atoms. The van der Waals surface area contributed by atoms with Crippen LogP contribution >= 0.6 is 11.3 Å². The summed E-state index contributed by atoms with van der Waals surface area (Å²) in [5, 5.41) is 4.38. The quantitative estimate of drug-likeness (QED) is 0.674. The maximum atomic E-state index is 13.7. The average molecular weight is 405 g/mol. The average Bonchev–Trinajstić information content (AvgIpc) is 3.14. The smallest absolute Gasteiger partial charge is 0.274 e. The van der Waals surface area contributed by atoms with E-state index in [0.717, 1.165) is 59.5 Å². The van der Waals surface area contributed by atoms with Gasteiger partial charge < -0.3 is 10.2 Å². The van der Waals surface area contributed by atoms with E-state index in [2.05, 4.69) is 32.3 Å². The van der Waals surface area contributed by atoms with Crippen LogP contribution in [0.5, 0.6) is 0 Å². The topological polar surface area (TPSA) is 58.1 Å². The van der Waals surface area contributed by atoms with Gasteiger partial charge in [0.1, 0.15) is 11.5 Å². The Morgan fingerprint density at radius 1 is 1.21 bits per heavy atom. The Bertz CT molecular complexity index is 1010. The Hall–Kier alpha value is -2.73. The van der Waals surface area contributed by atoms with Gasteiger partial charge in [-0.2, -0.15) is 0 Å². The van der Waals surface area contributed by atoms with Crippen LogP contribution in [0, 0.1) is 12.8 Å². The van der Waals surface area contributed by atoms with Gasteiger partial charge in [-0.25, -0.2) is 9.97 Å². The first-order chi connectivity index (χ1) is 14.1. The van der Waals surface area contributed by atoms with Crippen molar-refractivity contribution < 1.29 is 4.79 Å². The molecule has 148 valence electrons. The van der Waals surface area contributed by atoms with E-state index in [0.29, 0.717) is 5.69 Å². The van der Waals surface area contributed by atoms with Crippen molar-refractivity contribution in [1.29, 1.82) is 0 Å². The van der Waals surface area contributed by atoms with Gasteiger partial charge in [0.05, 0.1) is 15.4 Å². The van der Waals surface area contributed by atoms with Gasteiger partial charge in [-0.05, 0) is 49.8 Å². The molecule has 29 heavy (non-hydrogen) atoms. The number of carbonyl (C=O) groups excluding carboxylic acids is 1. The first kappa shape index (κ1) is 18.3. The molecule has 6 rings (SSSR count). The fourth-order valence-electron chi connectivity index (χ4n) is 4.75. The van der Waals surface area contributed by atoms with E-state index < -0.39 is 0 Å². The number of piperidine rings is 2. The van der Waals surface area contributed by atoms with Gasteiger partial charge in [0.2, 0.25) is 0 Å². The van der Waals surface area contributed by atoms with Gasteiger partial charge in [0.15, 0.2) is 0 Å². The van der Waals surface area contributed by atoms with Crippen LogP contribution in [0.15, 0.2) is 54.7 Å². The van der Waals surface area contributed by atoms with Crippen LogP contribution in [0.4, 0.5) is 5.82 Å². The number of amides is 1. The predicted octanol–water partition coefficient (Wildman–Crippen LogP) is 4.62. The van der Waals surface area contributed by atoms with Crippen LogP contribution < -0.4 is 5.32 Å². The number of aryl methyl sites for hydroxylation is 1. The standard InChI is InChI=1S/C23H24N4OS/c1-16-26-20(21(29-16)18-7-3-2-4-8-18)22(28)27-12-10-17-13-23(27,14-17)15-25-19-9-5-6-11-24-19/h2-9,11,17H,10,12-15H2,1H3,(H,24,25). The number of hydrogen-bond donors (Lipinski definition) is 1. The molecule has 1 saturated carbocycles. The highest BCUT2D eigenvalue weighted by Gasteiger charge is 2.54. The lowest BCUT2D eigenvalue weighted by atomic mass is 9.62.